The number of nitrogens with zero attached hydrogens (tertiary/aromatic N) is 2. The van der Waals surface area contributed by atoms with E-state index in [1.807, 2.05) is 6.92 Å². The van der Waals surface area contributed by atoms with Gasteiger partial charge in [-0.3, -0.25) is 9.59 Å². The van der Waals surface area contributed by atoms with Gasteiger partial charge in [0.05, 0.1) is 0 Å². The van der Waals surface area contributed by atoms with Crippen molar-refractivity contribution in [1.29, 1.82) is 0 Å². The van der Waals surface area contributed by atoms with Gasteiger partial charge in [-0.15, -0.1) is 0 Å². The highest BCUT2D eigenvalue weighted by Crippen LogP contribution is 2.34. The topological polar surface area (TPSA) is 40.6 Å². The summed E-state index contributed by atoms with van der Waals surface area (Å²) in [6.45, 7) is 5.32. The van der Waals surface area contributed by atoms with Crippen LogP contribution in [0.5, 0.6) is 0 Å². The quantitative estimate of drug-likeness (QED) is 0.793. The standard InChI is InChI=1S/C16H25F3N2O2/c1-3-4-5-11(2)14(22)20-7-6-12-8-21(10-13(12)9-20)15(23)16(17,18)19/h11-13H,3-10H2,1-2H3/t11-,12-,13-/m0/s1. The summed E-state index contributed by atoms with van der Waals surface area (Å²) in [6.07, 6.45) is -1.24. The zero-order valence-corrected chi connectivity index (χ0v) is 13.7. The Morgan fingerprint density at radius 1 is 1.13 bits per heavy atom. The molecule has 2 aliphatic rings. The lowest BCUT2D eigenvalue weighted by molar-refractivity contribution is -0.184. The number of hydrogen-bond acceptors (Lipinski definition) is 2. The molecule has 2 saturated heterocycles. The number of amides is 2. The number of unbranched alkanes of at least 4 members (excludes halogenated alkanes) is 1. The van der Waals surface area contributed by atoms with E-state index < -0.39 is 12.1 Å². The second-order valence-corrected chi connectivity index (χ2v) is 6.84. The first-order valence-electron chi connectivity index (χ1n) is 8.39. The first-order chi connectivity index (χ1) is 10.7. The van der Waals surface area contributed by atoms with Crippen LogP contribution in [0.4, 0.5) is 13.2 Å². The molecule has 0 N–H and O–H groups in total. The van der Waals surface area contributed by atoms with E-state index in [4.69, 9.17) is 0 Å². The molecule has 2 fully saturated rings. The van der Waals surface area contributed by atoms with Crippen LogP contribution in [0.3, 0.4) is 0 Å². The fourth-order valence-electron chi connectivity index (χ4n) is 3.66. The van der Waals surface area contributed by atoms with Crippen molar-refractivity contribution < 1.29 is 22.8 Å². The van der Waals surface area contributed by atoms with E-state index in [2.05, 4.69) is 6.92 Å². The molecule has 23 heavy (non-hydrogen) atoms. The van der Waals surface area contributed by atoms with Crippen molar-refractivity contribution in [3.05, 3.63) is 0 Å². The van der Waals surface area contributed by atoms with E-state index in [0.717, 1.165) is 24.2 Å². The number of piperidine rings is 1. The van der Waals surface area contributed by atoms with Crippen molar-refractivity contribution >= 4 is 11.8 Å². The number of carbonyl (C=O) groups is 2. The smallest absolute Gasteiger partial charge is 0.342 e. The van der Waals surface area contributed by atoms with Gasteiger partial charge in [-0.2, -0.15) is 13.2 Å². The Hall–Kier alpha value is -1.27. The molecule has 0 saturated carbocycles. The maximum absolute atomic E-state index is 12.6. The second-order valence-electron chi connectivity index (χ2n) is 6.84. The van der Waals surface area contributed by atoms with Gasteiger partial charge in [-0.05, 0) is 24.7 Å². The van der Waals surface area contributed by atoms with E-state index in [1.54, 1.807) is 4.90 Å². The van der Waals surface area contributed by atoms with E-state index in [1.165, 1.54) is 0 Å². The number of hydrogen-bond donors (Lipinski definition) is 0. The minimum Gasteiger partial charge on any atom is -0.342 e. The zero-order chi connectivity index (χ0) is 17.2. The lowest BCUT2D eigenvalue weighted by atomic mass is 9.88. The maximum atomic E-state index is 12.6. The van der Waals surface area contributed by atoms with Crippen LogP contribution in [-0.2, 0) is 9.59 Å². The van der Waals surface area contributed by atoms with Crippen molar-refractivity contribution in [2.24, 2.45) is 17.8 Å². The third-order valence-electron chi connectivity index (χ3n) is 5.05. The molecule has 0 aromatic carbocycles. The van der Waals surface area contributed by atoms with Gasteiger partial charge in [0.25, 0.3) is 0 Å². The molecule has 0 aromatic heterocycles. The molecule has 0 aromatic rings. The molecular formula is C16H25F3N2O2. The molecule has 0 radical (unpaired) electrons. The third kappa shape index (κ3) is 4.18. The van der Waals surface area contributed by atoms with Gasteiger partial charge in [0, 0.05) is 32.1 Å². The van der Waals surface area contributed by atoms with Crippen LogP contribution in [0.25, 0.3) is 0 Å². The molecule has 2 heterocycles. The molecule has 0 bridgehead atoms. The molecule has 0 spiro atoms. The fourth-order valence-corrected chi connectivity index (χ4v) is 3.66. The van der Waals surface area contributed by atoms with E-state index >= 15 is 0 Å². The Morgan fingerprint density at radius 2 is 1.74 bits per heavy atom. The van der Waals surface area contributed by atoms with Gasteiger partial charge in [-0.1, -0.05) is 26.7 Å². The summed E-state index contributed by atoms with van der Waals surface area (Å²) in [5, 5.41) is 0. The van der Waals surface area contributed by atoms with Crippen LogP contribution in [0.1, 0.15) is 39.5 Å². The molecule has 3 atom stereocenters. The first kappa shape index (κ1) is 18.1. The number of halogens is 3. The average Bonchev–Trinajstić information content (AvgIpc) is 2.92. The van der Waals surface area contributed by atoms with Crippen LogP contribution in [0.2, 0.25) is 0 Å². The molecule has 2 rings (SSSR count). The van der Waals surface area contributed by atoms with Crippen molar-refractivity contribution in [3.8, 4) is 0 Å². The van der Waals surface area contributed by atoms with E-state index in [0.29, 0.717) is 19.5 Å². The van der Waals surface area contributed by atoms with Gasteiger partial charge in [0.2, 0.25) is 5.91 Å². The van der Waals surface area contributed by atoms with Crippen LogP contribution < -0.4 is 0 Å². The largest absolute Gasteiger partial charge is 0.471 e. The fraction of sp³-hybridized carbons (Fsp3) is 0.875. The molecule has 4 nitrogen and oxygen atoms in total. The molecule has 7 heteroatoms. The van der Waals surface area contributed by atoms with Gasteiger partial charge >= 0.3 is 12.1 Å². The van der Waals surface area contributed by atoms with E-state index in [9.17, 15) is 22.8 Å². The normalized spacial score (nSPS) is 26.1. The highest BCUT2D eigenvalue weighted by molar-refractivity contribution is 5.82. The highest BCUT2D eigenvalue weighted by atomic mass is 19.4. The molecule has 2 amide bonds. The molecular weight excluding hydrogens is 309 g/mol. The van der Waals surface area contributed by atoms with Crippen molar-refractivity contribution in [1.82, 2.24) is 9.80 Å². The zero-order valence-electron chi connectivity index (χ0n) is 13.7. The van der Waals surface area contributed by atoms with Gasteiger partial charge in [-0.25, -0.2) is 0 Å². The Morgan fingerprint density at radius 3 is 2.35 bits per heavy atom. The van der Waals surface area contributed by atoms with Crippen molar-refractivity contribution in [3.63, 3.8) is 0 Å². The Kier molecular flexibility index (Phi) is 5.57. The predicted molar refractivity (Wildman–Crippen MR) is 79.5 cm³/mol. The van der Waals surface area contributed by atoms with Crippen molar-refractivity contribution in [2.45, 2.75) is 45.7 Å². The molecule has 0 unspecified atom stereocenters. The molecule has 132 valence electrons. The number of carbonyl (C=O) groups excluding carboxylic acids is 2. The highest BCUT2D eigenvalue weighted by Gasteiger charge is 2.48. The summed E-state index contributed by atoms with van der Waals surface area (Å²) in [5.74, 6) is -1.65. The summed E-state index contributed by atoms with van der Waals surface area (Å²) in [4.78, 5) is 26.5. The SMILES string of the molecule is CCCC[C@H](C)C(=O)N1CC[C@H]2CN(C(=O)C(F)(F)F)C[C@@H]2C1. The first-order valence-corrected chi connectivity index (χ1v) is 8.39. The number of fused-ring (bicyclic) bond motifs is 1. The maximum Gasteiger partial charge on any atom is 0.471 e. The summed E-state index contributed by atoms with van der Waals surface area (Å²) in [6, 6.07) is 0. The number of alkyl halides is 3. The minimum atomic E-state index is -4.81. The van der Waals surface area contributed by atoms with Crippen LogP contribution >= 0.6 is 0 Å². The van der Waals surface area contributed by atoms with Crippen LogP contribution in [-0.4, -0.2) is 54.0 Å². The van der Waals surface area contributed by atoms with Crippen LogP contribution in [0, 0.1) is 17.8 Å². The lowest BCUT2D eigenvalue weighted by Crippen LogP contribution is -2.45. The number of likely N-dealkylation sites (tertiary alicyclic amines) is 2. The summed E-state index contributed by atoms with van der Waals surface area (Å²) in [7, 11) is 0. The second kappa shape index (κ2) is 7.09. The minimum absolute atomic E-state index is 0.0302. The number of rotatable bonds is 4. The summed E-state index contributed by atoms with van der Waals surface area (Å²) >= 11 is 0. The van der Waals surface area contributed by atoms with Crippen molar-refractivity contribution in [2.75, 3.05) is 26.2 Å². The van der Waals surface area contributed by atoms with Gasteiger partial charge in [0.15, 0.2) is 0 Å². The van der Waals surface area contributed by atoms with Gasteiger partial charge < -0.3 is 9.80 Å². The Labute approximate surface area is 135 Å². The Balaban J connectivity index is 1.91. The molecule has 0 aliphatic carbocycles. The lowest BCUT2D eigenvalue weighted by Gasteiger charge is -2.35. The Bertz CT molecular complexity index is 453. The summed E-state index contributed by atoms with van der Waals surface area (Å²) in [5.41, 5.74) is 0. The monoisotopic (exact) mass is 334 g/mol. The molecule has 2 aliphatic heterocycles. The third-order valence-corrected chi connectivity index (χ3v) is 5.05. The van der Waals surface area contributed by atoms with Gasteiger partial charge in [0.1, 0.15) is 0 Å². The predicted octanol–water partition coefficient (Wildman–Crippen LogP) is 2.68. The summed E-state index contributed by atoms with van der Waals surface area (Å²) < 4.78 is 37.7. The average molecular weight is 334 g/mol. The van der Waals surface area contributed by atoms with E-state index in [-0.39, 0.29) is 36.8 Å². The van der Waals surface area contributed by atoms with Crippen LogP contribution in [0.15, 0.2) is 0 Å².